The highest BCUT2D eigenvalue weighted by Gasteiger charge is 2.38. The first-order valence-electron chi connectivity index (χ1n) is 3.67. The summed E-state index contributed by atoms with van der Waals surface area (Å²) in [5.74, 6) is -0.568. The number of carbonyl (C=O) groups is 1. The molecule has 0 spiro atoms. The molecule has 0 amide bonds. The van der Waals surface area contributed by atoms with E-state index in [0.717, 1.165) is 0 Å². The monoisotopic (exact) mass is 193 g/mol. The van der Waals surface area contributed by atoms with E-state index in [0.29, 0.717) is 0 Å². The zero-order valence-corrected chi connectivity index (χ0v) is 8.59. The number of hydrogen-bond acceptors (Lipinski definition) is 3. The standard InChI is InChI=1S/C7H13O4P/c1-5(2)7(3,4)6(8)11-12(9)10/h5H,1-4H3/p+1. The van der Waals surface area contributed by atoms with Crippen LogP contribution < -0.4 is 0 Å². The zero-order valence-electron chi connectivity index (χ0n) is 7.70. The molecule has 0 fully saturated rings. The van der Waals surface area contributed by atoms with Gasteiger partial charge in [0.1, 0.15) is 0 Å². The highest BCUT2D eigenvalue weighted by atomic mass is 31.1. The molecule has 0 radical (unpaired) electrons. The summed E-state index contributed by atoms with van der Waals surface area (Å²) >= 11 is 0. The maximum absolute atomic E-state index is 11.2. The van der Waals surface area contributed by atoms with Crippen molar-refractivity contribution in [1.82, 2.24) is 0 Å². The first-order valence-corrected chi connectivity index (χ1v) is 4.80. The van der Waals surface area contributed by atoms with Gasteiger partial charge in [-0.1, -0.05) is 13.8 Å². The van der Waals surface area contributed by atoms with Gasteiger partial charge in [0.05, 0.1) is 5.41 Å². The van der Waals surface area contributed by atoms with Crippen molar-refractivity contribution in [2.45, 2.75) is 27.7 Å². The van der Waals surface area contributed by atoms with Crippen LogP contribution in [0.5, 0.6) is 0 Å². The van der Waals surface area contributed by atoms with E-state index in [4.69, 9.17) is 4.89 Å². The molecule has 0 bridgehead atoms. The van der Waals surface area contributed by atoms with Crippen LogP contribution in [-0.2, 0) is 13.9 Å². The first-order chi connectivity index (χ1) is 5.28. The largest absolute Gasteiger partial charge is 0.750 e. The van der Waals surface area contributed by atoms with Crippen LogP contribution in [0.1, 0.15) is 27.7 Å². The Labute approximate surface area is 72.9 Å². The second-order valence-corrected chi connectivity index (χ2v) is 4.15. The van der Waals surface area contributed by atoms with Crippen LogP contribution in [0.3, 0.4) is 0 Å². The minimum Gasteiger partial charge on any atom is -0.246 e. The van der Waals surface area contributed by atoms with E-state index in [1.165, 1.54) is 0 Å². The fraction of sp³-hybridized carbons (Fsp3) is 0.857. The quantitative estimate of drug-likeness (QED) is 0.695. The van der Waals surface area contributed by atoms with E-state index < -0.39 is 19.6 Å². The number of carbonyl (C=O) groups excluding carboxylic acids is 1. The van der Waals surface area contributed by atoms with Crippen LogP contribution in [0.4, 0.5) is 0 Å². The molecule has 5 heteroatoms. The summed E-state index contributed by atoms with van der Waals surface area (Å²) in [7, 11) is -2.83. The van der Waals surface area contributed by atoms with Gasteiger partial charge in [-0.3, -0.25) is 0 Å². The molecule has 0 rings (SSSR count). The second-order valence-electron chi connectivity index (χ2n) is 3.49. The molecule has 0 aromatic heterocycles. The van der Waals surface area contributed by atoms with E-state index in [-0.39, 0.29) is 5.92 Å². The maximum Gasteiger partial charge on any atom is 0.750 e. The molecule has 0 saturated carbocycles. The Kier molecular flexibility index (Phi) is 3.81. The Morgan fingerprint density at radius 2 is 1.92 bits per heavy atom. The average molecular weight is 193 g/mol. The van der Waals surface area contributed by atoms with Gasteiger partial charge in [-0.2, -0.15) is 4.52 Å². The van der Waals surface area contributed by atoms with Gasteiger partial charge in [0.15, 0.2) is 0 Å². The topological polar surface area (TPSA) is 63.6 Å². The highest BCUT2D eigenvalue weighted by Crippen LogP contribution is 2.31. The predicted molar refractivity (Wildman–Crippen MR) is 44.5 cm³/mol. The van der Waals surface area contributed by atoms with Crippen molar-refractivity contribution < 1.29 is 18.8 Å². The summed E-state index contributed by atoms with van der Waals surface area (Å²) in [6.07, 6.45) is 0. The third kappa shape index (κ3) is 2.88. The van der Waals surface area contributed by atoms with Crippen molar-refractivity contribution in [1.29, 1.82) is 0 Å². The summed E-state index contributed by atoms with van der Waals surface area (Å²) < 4.78 is 14.4. The first kappa shape index (κ1) is 11.5. The van der Waals surface area contributed by atoms with Crippen LogP contribution >= 0.6 is 8.25 Å². The molecular formula is C7H14O4P+. The molecule has 70 valence electrons. The van der Waals surface area contributed by atoms with Crippen LogP contribution in [0, 0.1) is 11.3 Å². The molecule has 1 atom stereocenters. The van der Waals surface area contributed by atoms with Crippen molar-refractivity contribution >= 4 is 14.2 Å². The number of rotatable bonds is 3. The molecule has 0 aromatic rings. The number of hydrogen-bond donors (Lipinski definition) is 1. The smallest absolute Gasteiger partial charge is 0.246 e. The van der Waals surface area contributed by atoms with Crippen molar-refractivity contribution in [3.8, 4) is 0 Å². The van der Waals surface area contributed by atoms with Crippen LogP contribution in [0.2, 0.25) is 0 Å². The van der Waals surface area contributed by atoms with Gasteiger partial charge >= 0.3 is 14.2 Å². The Hall–Kier alpha value is -0.470. The van der Waals surface area contributed by atoms with Crippen molar-refractivity contribution in [2.75, 3.05) is 0 Å². The molecule has 0 aliphatic rings. The predicted octanol–water partition coefficient (Wildman–Crippen LogP) is 1.86. The summed E-state index contributed by atoms with van der Waals surface area (Å²) in [4.78, 5) is 19.5. The Balaban J connectivity index is 4.36. The van der Waals surface area contributed by atoms with E-state index in [9.17, 15) is 9.36 Å². The van der Waals surface area contributed by atoms with E-state index in [1.807, 2.05) is 13.8 Å². The van der Waals surface area contributed by atoms with E-state index in [2.05, 4.69) is 4.52 Å². The highest BCUT2D eigenvalue weighted by molar-refractivity contribution is 7.32. The molecule has 0 aromatic carbocycles. The third-order valence-electron chi connectivity index (χ3n) is 2.13. The lowest BCUT2D eigenvalue weighted by molar-refractivity contribution is -0.146. The SMILES string of the molecule is CC(C)C(C)(C)C(=O)O[P+](=O)O. The molecule has 0 aliphatic carbocycles. The van der Waals surface area contributed by atoms with Gasteiger partial charge in [0.2, 0.25) is 0 Å². The Morgan fingerprint density at radius 3 is 2.17 bits per heavy atom. The maximum atomic E-state index is 11.2. The van der Waals surface area contributed by atoms with Crippen LogP contribution in [-0.4, -0.2) is 10.9 Å². The molecule has 12 heavy (non-hydrogen) atoms. The minimum absolute atomic E-state index is 0.0694. The molecule has 0 saturated heterocycles. The van der Waals surface area contributed by atoms with Gasteiger partial charge in [-0.15, -0.1) is 4.89 Å². The average Bonchev–Trinajstić information content (AvgIpc) is 1.85. The lowest BCUT2D eigenvalue weighted by Crippen LogP contribution is -2.30. The van der Waals surface area contributed by atoms with Crippen LogP contribution in [0.15, 0.2) is 0 Å². The van der Waals surface area contributed by atoms with Gasteiger partial charge in [-0.25, -0.2) is 4.79 Å². The van der Waals surface area contributed by atoms with Gasteiger partial charge in [0.25, 0.3) is 0 Å². The van der Waals surface area contributed by atoms with Crippen molar-refractivity contribution in [3.63, 3.8) is 0 Å². The van der Waals surface area contributed by atoms with Gasteiger partial charge in [-0.05, 0) is 19.8 Å². The van der Waals surface area contributed by atoms with E-state index in [1.54, 1.807) is 13.8 Å². The summed E-state index contributed by atoms with van der Waals surface area (Å²) in [6.45, 7) is 7.06. The Morgan fingerprint density at radius 1 is 1.50 bits per heavy atom. The third-order valence-corrected chi connectivity index (χ3v) is 2.45. The fourth-order valence-corrected chi connectivity index (χ4v) is 0.801. The van der Waals surface area contributed by atoms with Gasteiger partial charge < -0.3 is 0 Å². The zero-order chi connectivity index (χ0) is 9.94. The summed E-state index contributed by atoms with van der Waals surface area (Å²) in [5, 5.41) is 0. The molecule has 0 aliphatic heterocycles. The summed E-state index contributed by atoms with van der Waals surface area (Å²) in [6, 6.07) is 0. The van der Waals surface area contributed by atoms with E-state index >= 15 is 0 Å². The van der Waals surface area contributed by atoms with Crippen LogP contribution in [0.25, 0.3) is 0 Å². The van der Waals surface area contributed by atoms with Gasteiger partial charge in [0, 0.05) is 4.57 Å². The second kappa shape index (κ2) is 3.97. The fourth-order valence-electron chi connectivity index (χ4n) is 0.424. The molecular weight excluding hydrogens is 179 g/mol. The molecule has 1 unspecified atom stereocenters. The minimum atomic E-state index is -2.83. The Bertz CT molecular complexity index is 198. The molecule has 1 N–H and O–H groups in total. The molecule has 4 nitrogen and oxygen atoms in total. The molecule has 0 heterocycles. The summed E-state index contributed by atoms with van der Waals surface area (Å²) in [5.41, 5.74) is -0.715. The van der Waals surface area contributed by atoms with Crippen molar-refractivity contribution in [3.05, 3.63) is 0 Å². The lowest BCUT2D eigenvalue weighted by Gasteiger charge is -2.22. The van der Waals surface area contributed by atoms with Crippen molar-refractivity contribution in [2.24, 2.45) is 11.3 Å². The lowest BCUT2D eigenvalue weighted by atomic mass is 9.81. The normalized spacial score (nSPS) is 13.0.